The van der Waals surface area contributed by atoms with Crippen molar-refractivity contribution in [1.82, 2.24) is 29.9 Å². The van der Waals surface area contributed by atoms with Crippen molar-refractivity contribution in [3.8, 4) is 0 Å². The van der Waals surface area contributed by atoms with Gasteiger partial charge in [0.25, 0.3) is 0 Å². The Morgan fingerprint density at radius 2 is 2.08 bits per heavy atom. The second-order valence-electron chi connectivity index (χ2n) is 7.12. The zero-order valence-corrected chi connectivity index (χ0v) is 14.9. The Bertz CT molecular complexity index is 576. The zero-order chi connectivity index (χ0) is 17.6. The fourth-order valence-corrected chi connectivity index (χ4v) is 3.90. The molecule has 0 saturated carbocycles. The number of aromatic nitrogens is 3. The molecular weight excluding hydrogens is 320 g/mol. The molecule has 2 atom stereocenters. The molecule has 8 nitrogen and oxygen atoms in total. The normalized spacial score (nSPS) is 24.9. The maximum absolute atomic E-state index is 12.8. The highest BCUT2D eigenvalue weighted by atomic mass is 16.2. The number of hydrogen-bond acceptors (Lipinski definition) is 5. The lowest BCUT2D eigenvalue weighted by atomic mass is 10.0. The first-order chi connectivity index (χ1) is 12.1. The smallest absolute Gasteiger partial charge is 0.236 e. The van der Waals surface area contributed by atoms with Crippen molar-refractivity contribution in [1.29, 1.82) is 0 Å². The van der Waals surface area contributed by atoms with Gasteiger partial charge >= 0.3 is 0 Å². The Labute approximate surface area is 148 Å². The fourth-order valence-electron chi connectivity index (χ4n) is 3.90. The van der Waals surface area contributed by atoms with Gasteiger partial charge in [-0.15, -0.1) is 0 Å². The standard InChI is InChI=1S/C17H28N6O2/c1-14(24)20-15-5-4-8-22(9-15)17(25)11-21-7-3-2-6-16(21)10-23-13-18-12-19-23/h12-13,15-16H,2-11H2,1H3,(H,20,24). The number of nitrogens with zero attached hydrogens (tertiary/aromatic N) is 5. The van der Waals surface area contributed by atoms with E-state index in [1.165, 1.54) is 13.3 Å². The summed E-state index contributed by atoms with van der Waals surface area (Å²) in [7, 11) is 0. The molecule has 138 valence electrons. The minimum absolute atomic E-state index is 0.0248. The van der Waals surface area contributed by atoms with Crippen LogP contribution >= 0.6 is 0 Å². The van der Waals surface area contributed by atoms with Crippen LogP contribution in [0.15, 0.2) is 12.7 Å². The lowest BCUT2D eigenvalue weighted by Gasteiger charge is -2.38. The highest BCUT2D eigenvalue weighted by molar-refractivity contribution is 5.78. The van der Waals surface area contributed by atoms with Crippen LogP contribution in [0.4, 0.5) is 0 Å². The van der Waals surface area contributed by atoms with E-state index in [0.29, 0.717) is 19.1 Å². The van der Waals surface area contributed by atoms with Gasteiger partial charge in [-0.1, -0.05) is 6.42 Å². The Morgan fingerprint density at radius 3 is 2.84 bits per heavy atom. The molecule has 2 unspecified atom stereocenters. The quantitative estimate of drug-likeness (QED) is 0.825. The van der Waals surface area contributed by atoms with Gasteiger partial charge < -0.3 is 10.2 Å². The lowest BCUT2D eigenvalue weighted by molar-refractivity contribution is -0.135. The molecule has 0 aromatic carbocycles. The van der Waals surface area contributed by atoms with Crippen LogP contribution in [-0.2, 0) is 16.1 Å². The van der Waals surface area contributed by atoms with Crippen molar-refractivity contribution < 1.29 is 9.59 Å². The first-order valence-corrected chi connectivity index (χ1v) is 9.23. The van der Waals surface area contributed by atoms with E-state index in [2.05, 4.69) is 20.3 Å². The molecule has 2 amide bonds. The summed E-state index contributed by atoms with van der Waals surface area (Å²) in [4.78, 5) is 32.2. The van der Waals surface area contributed by atoms with Gasteiger partial charge in [-0.3, -0.25) is 19.2 Å². The average molecular weight is 348 g/mol. The summed E-state index contributed by atoms with van der Waals surface area (Å²) in [5.74, 6) is 0.142. The van der Waals surface area contributed by atoms with Gasteiger partial charge in [0.15, 0.2) is 0 Å². The molecule has 3 heterocycles. The topological polar surface area (TPSA) is 83.4 Å². The molecule has 1 N–H and O–H groups in total. The van der Waals surface area contributed by atoms with E-state index in [1.807, 2.05) is 9.58 Å². The van der Waals surface area contributed by atoms with Crippen LogP contribution in [-0.4, -0.2) is 74.6 Å². The second-order valence-corrected chi connectivity index (χ2v) is 7.12. The average Bonchev–Trinajstić information content (AvgIpc) is 3.09. The maximum atomic E-state index is 12.8. The number of piperidine rings is 2. The number of nitrogens with one attached hydrogen (secondary N) is 1. The van der Waals surface area contributed by atoms with E-state index in [0.717, 1.165) is 45.3 Å². The van der Waals surface area contributed by atoms with Crippen molar-refractivity contribution in [2.24, 2.45) is 0 Å². The lowest BCUT2D eigenvalue weighted by Crippen LogP contribution is -2.53. The van der Waals surface area contributed by atoms with Gasteiger partial charge in [-0.25, -0.2) is 4.98 Å². The molecule has 0 aliphatic carbocycles. The van der Waals surface area contributed by atoms with Crippen molar-refractivity contribution in [2.45, 2.75) is 57.7 Å². The molecule has 1 aromatic heterocycles. The van der Waals surface area contributed by atoms with E-state index >= 15 is 0 Å². The molecule has 3 rings (SSSR count). The molecule has 25 heavy (non-hydrogen) atoms. The Hall–Kier alpha value is -1.96. The minimum atomic E-state index is -0.0248. The first kappa shape index (κ1) is 17.8. The predicted molar refractivity (Wildman–Crippen MR) is 92.7 cm³/mol. The molecule has 0 spiro atoms. The molecule has 0 radical (unpaired) electrons. The summed E-state index contributed by atoms with van der Waals surface area (Å²) in [6.45, 7) is 5.13. The number of carbonyl (C=O) groups excluding carboxylic acids is 2. The third kappa shape index (κ3) is 5.01. The van der Waals surface area contributed by atoms with Crippen LogP contribution in [0.5, 0.6) is 0 Å². The summed E-state index contributed by atoms with van der Waals surface area (Å²) >= 11 is 0. The number of amides is 2. The maximum Gasteiger partial charge on any atom is 0.236 e. The predicted octanol–water partition coefficient (Wildman–Crippen LogP) is 0.260. The van der Waals surface area contributed by atoms with Gasteiger partial charge in [0.1, 0.15) is 12.7 Å². The summed E-state index contributed by atoms with van der Waals surface area (Å²) in [6, 6.07) is 0.415. The van der Waals surface area contributed by atoms with E-state index in [9.17, 15) is 9.59 Å². The van der Waals surface area contributed by atoms with Gasteiger partial charge in [-0.05, 0) is 32.2 Å². The van der Waals surface area contributed by atoms with Crippen molar-refractivity contribution in [3.63, 3.8) is 0 Å². The van der Waals surface area contributed by atoms with Crippen LogP contribution in [0.3, 0.4) is 0 Å². The largest absolute Gasteiger partial charge is 0.352 e. The molecule has 2 saturated heterocycles. The van der Waals surface area contributed by atoms with Gasteiger partial charge in [0.2, 0.25) is 11.8 Å². The Morgan fingerprint density at radius 1 is 1.20 bits per heavy atom. The molecule has 0 bridgehead atoms. The first-order valence-electron chi connectivity index (χ1n) is 9.23. The monoisotopic (exact) mass is 348 g/mol. The molecule has 1 aromatic rings. The Kier molecular flexibility index (Phi) is 6.01. The fraction of sp³-hybridized carbons (Fsp3) is 0.765. The van der Waals surface area contributed by atoms with E-state index in [4.69, 9.17) is 0 Å². The summed E-state index contributed by atoms with van der Waals surface area (Å²) in [5, 5.41) is 7.14. The van der Waals surface area contributed by atoms with Crippen LogP contribution in [0.1, 0.15) is 39.0 Å². The zero-order valence-electron chi connectivity index (χ0n) is 14.9. The van der Waals surface area contributed by atoms with Crippen LogP contribution < -0.4 is 5.32 Å². The highest BCUT2D eigenvalue weighted by Crippen LogP contribution is 2.19. The summed E-state index contributed by atoms with van der Waals surface area (Å²) in [5.41, 5.74) is 0. The second kappa shape index (κ2) is 8.42. The van der Waals surface area contributed by atoms with Crippen molar-refractivity contribution in [2.75, 3.05) is 26.2 Å². The number of carbonyl (C=O) groups is 2. The van der Waals surface area contributed by atoms with Crippen LogP contribution in [0.25, 0.3) is 0 Å². The van der Waals surface area contributed by atoms with Crippen LogP contribution in [0, 0.1) is 0 Å². The number of rotatable bonds is 5. The molecule has 2 fully saturated rings. The molecule has 2 aliphatic heterocycles. The summed E-state index contributed by atoms with van der Waals surface area (Å²) < 4.78 is 1.85. The molecule has 8 heteroatoms. The van der Waals surface area contributed by atoms with Crippen LogP contribution in [0.2, 0.25) is 0 Å². The summed E-state index contributed by atoms with van der Waals surface area (Å²) in [6.07, 6.45) is 8.59. The SMILES string of the molecule is CC(=O)NC1CCCN(C(=O)CN2CCCCC2Cn2cncn2)C1. The third-order valence-corrected chi connectivity index (χ3v) is 5.13. The van der Waals surface area contributed by atoms with E-state index in [-0.39, 0.29) is 17.9 Å². The molecule has 2 aliphatic rings. The van der Waals surface area contributed by atoms with Gasteiger partial charge in [0, 0.05) is 32.1 Å². The van der Waals surface area contributed by atoms with Gasteiger partial charge in [0.05, 0.1) is 13.1 Å². The molecular formula is C17H28N6O2. The van der Waals surface area contributed by atoms with Crippen molar-refractivity contribution in [3.05, 3.63) is 12.7 Å². The highest BCUT2D eigenvalue weighted by Gasteiger charge is 2.29. The Balaban J connectivity index is 1.55. The van der Waals surface area contributed by atoms with Crippen molar-refractivity contribution >= 4 is 11.8 Å². The van der Waals surface area contributed by atoms with Gasteiger partial charge in [-0.2, -0.15) is 5.10 Å². The minimum Gasteiger partial charge on any atom is -0.352 e. The number of hydrogen-bond donors (Lipinski definition) is 1. The third-order valence-electron chi connectivity index (χ3n) is 5.13. The van der Waals surface area contributed by atoms with E-state index < -0.39 is 0 Å². The number of likely N-dealkylation sites (tertiary alicyclic amines) is 2. The van der Waals surface area contributed by atoms with E-state index in [1.54, 1.807) is 12.7 Å².